The first-order valence-corrected chi connectivity index (χ1v) is 7.55. The Bertz CT molecular complexity index is 758. The zero-order chi connectivity index (χ0) is 16.8. The number of hydrogen-bond acceptors (Lipinski definition) is 2. The highest BCUT2D eigenvalue weighted by molar-refractivity contribution is 9.10. The number of rotatable bonds is 4. The summed E-state index contributed by atoms with van der Waals surface area (Å²) in [5.41, 5.74) is 1.81. The van der Waals surface area contributed by atoms with Crippen LogP contribution in [0.25, 0.3) is 6.08 Å². The normalized spacial score (nSPS) is 10.6. The Hall–Kier alpha value is -2.47. The molecule has 2 aromatic carbocycles. The summed E-state index contributed by atoms with van der Waals surface area (Å²) in [4.78, 5) is 23.3. The summed E-state index contributed by atoms with van der Waals surface area (Å²) in [7, 11) is 1.56. The zero-order valence-electron chi connectivity index (χ0n) is 12.3. The van der Waals surface area contributed by atoms with Gasteiger partial charge in [-0.15, -0.1) is 0 Å². The van der Waals surface area contributed by atoms with Crippen LogP contribution in [-0.4, -0.2) is 18.9 Å². The molecule has 0 atom stereocenters. The van der Waals surface area contributed by atoms with Gasteiger partial charge in [-0.2, -0.15) is 0 Å². The van der Waals surface area contributed by atoms with E-state index in [-0.39, 0.29) is 17.6 Å². The van der Waals surface area contributed by atoms with E-state index in [0.717, 1.165) is 5.56 Å². The number of carbonyl (C=O) groups is 2. The van der Waals surface area contributed by atoms with E-state index in [0.29, 0.717) is 15.7 Å². The highest BCUT2D eigenvalue weighted by Gasteiger charge is 2.04. The molecule has 0 bridgehead atoms. The van der Waals surface area contributed by atoms with E-state index in [4.69, 9.17) is 0 Å². The molecule has 0 aromatic heterocycles. The van der Waals surface area contributed by atoms with Crippen LogP contribution < -0.4 is 10.6 Å². The summed E-state index contributed by atoms with van der Waals surface area (Å²) in [5, 5.41) is 5.18. The molecule has 23 heavy (non-hydrogen) atoms. The number of benzene rings is 2. The second-order valence-electron chi connectivity index (χ2n) is 4.65. The Labute approximate surface area is 141 Å². The molecule has 2 rings (SSSR count). The molecular weight excluding hydrogens is 363 g/mol. The average molecular weight is 377 g/mol. The van der Waals surface area contributed by atoms with E-state index < -0.39 is 0 Å². The van der Waals surface area contributed by atoms with E-state index in [1.54, 1.807) is 37.4 Å². The highest BCUT2D eigenvalue weighted by atomic mass is 79.9. The Morgan fingerprint density at radius 2 is 1.83 bits per heavy atom. The van der Waals surface area contributed by atoms with Crippen molar-refractivity contribution in [2.24, 2.45) is 0 Å². The third-order valence-electron chi connectivity index (χ3n) is 3.02. The maximum atomic E-state index is 13.0. The van der Waals surface area contributed by atoms with Gasteiger partial charge in [0.25, 0.3) is 5.91 Å². The fourth-order valence-electron chi connectivity index (χ4n) is 1.83. The molecule has 0 heterocycles. The van der Waals surface area contributed by atoms with Crippen molar-refractivity contribution in [2.75, 3.05) is 12.4 Å². The van der Waals surface area contributed by atoms with Crippen LogP contribution >= 0.6 is 15.9 Å². The molecule has 0 aliphatic heterocycles. The minimum Gasteiger partial charge on any atom is -0.355 e. The molecule has 0 unspecified atom stereocenters. The fraction of sp³-hybridized carbons (Fsp3) is 0.0588. The summed E-state index contributed by atoms with van der Waals surface area (Å²) >= 11 is 3.18. The van der Waals surface area contributed by atoms with Crippen LogP contribution in [0.3, 0.4) is 0 Å². The van der Waals surface area contributed by atoms with Crippen molar-refractivity contribution in [3.63, 3.8) is 0 Å². The molecule has 6 heteroatoms. The van der Waals surface area contributed by atoms with Gasteiger partial charge in [-0.1, -0.05) is 12.1 Å². The van der Waals surface area contributed by atoms with Crippen LogP contribution in [0.5, 0.6) is 0 Å². The van der Waals surface area contributed by atoms with Crippen molar-refractivity contribution in [3.05, 3.63) is 70.0 Å². The molecule has 0 aliphatic rings. The molecule has 4 nitrogen and oxygen atoms in total. The summed E-state index contributed by atoms with van der Waals surface area (Å²) < 4.78 is 13.5. The number of amides is 2. The van der Waals surface area contributed by atoms with Gasteiger partial charge in [0.1, 0.15) is 5.82 Å². The Morgan fingerprint density at radius 3 is 2.43 bits per heavy atom. The van der Waals surface area contributed by atoms with Crippen molar-refractivity contribution < 1.29 is 14.0 Å². The van der Waals surface area contributed by atoms with Crippen molar-refractivity contribution in [3.8, 4) is 0 Å². The van der Waals surface area contributed by atoms with Crippen LogP contribution in [0, 0.1) is 5.82 Å². The summed E-state index contributed by atoms with van der Waals surface area (Å²) in [6, 6.07) is 10.8. The van der Waals surface area contributed by atoms with Gasteiger partial charge >= 0.3 is 0 Å². The average Bonchev–Trinajstić information content (AvgIpc) is 2.55. The van der Waals surface area contributed by atoms with E-state index in [1.807, 2.05) is 0 Å². The third-order valence-corrected chi connectivity index (χ3v) is 3.67. The topological polar surface area (TPSA) is 58.2 Å². The molecular formula is C17H14BrFN2O2. The van der Waals surface area contributed by atoms with Crippen LogP contribution in [0.1, 0.15) is 15.9 Å². The number of carbonyl (C=O) groups excluding carboxylic acids is 2. The first-order valence-electron chi connectivity index (χ1n) is 6.76. The van der Waals surface area contributed by atoms with E-state index >= 15 is 0 Å². The largest absolute Gasteiger partial charge is 0.355 e. The molecule has 118 valence electrons. The van der Waals surface area contributed by atoms with E-state index in [2.05, 4.69) is 26.6 Å². The predicted molar refractivity (Wildman–Crippen MR) is 91.6 cm³/mol. The van der Waals surface area contributed by atoms with Crippen molar-refractivity contribution in [2.45, 2.75) is 0 Å². The highest BCUT2D eigenvalue weighted by Crippen LogP contribution is 2.23. The SMILES string of the molecule is CNC(=O)c1ccc(/C=C/C(=O)Nc2ccc(F)cc2Br)cc1. The summed E-state index contributed by atoms with van der Waals surface area (Å²) in [6.07, 6.45) is 2.99. The molecule has 0 fully saturated rings. The molecule has 2 amide bonds. The van der Waals surface area contributed by atoms with Crippen LogP contribution in [0.15, 0.2) is 53.0 Å². The second kappa shape index (κ2) is 7.69. The van der Waals surface area contributed by atoms with Crippen LogP contribution in [0.4, 0.5) is 10.1 Å². The van der Waals surface area contributed by atoms with Gasteiger partial charge in [-0.25, -0.2) is 4.39 Å². The van der Waals surface area contributed by atoms with Crippen LogP contribution in [-0.2, 0) is 4.79 Å². The smallest absolute Gasteiger partial charge is 0.251 e. The molecule has 0 spiro atoms. The number of nitrogens with one attached hydrogen (secondary N) is 2. The molecule has 2 aromatic rings. The van der Waals surface area contributed by atoms with Crippen molar-refractivity contribution >= 4 is 39.5 Å². The van der Waals surface area contributed by atoms with Crippen LogP contribution in [0.2, 0.25) is 0 Å². The molecule has 0 saturated heterocycles. The molecule has 0 radical (unpaired) electrons. The van der Waals surface area contributed by atoms with Gasteiger partial charge in [0.05, 0.1) is 5.69 Å². The monoisotopic (exact) mass is 376 g/mol. The van der Waals surface area contributed by atoms with Gasteiger partial charge in [0, 0.05) is 23.2 Å². The summed E-state index contributed by atoms with van der Waals surface area (Å²) in [6.45, 7) is 0. The zero-order valence-corrected chi connectivity index (χ0v) is 13.9. The molecule has 2 N–H and O–H groups in total. The Balaban J connectivity index is 2.02. The quantitative estimate of drug-likeness (QED) is 0.800. The standard InChI is InChI=1S/C17H14BrFN2O2/c1-20-17(23)12-5-2-11(3-6-12)4-9-16(22)21-15-8-7-13(19)10-14(15)18/h2-10H,1H3,(H,20,23)(H,21,22)/b9-4+. The predicted octanol–water partition coefficient (Wildman–Crippen LogP) is 3.60. The number of hydrogen-bond donors (Lipinski definition) is 2. The van der Waals surface area contributed by atoms with Gasteiger partial charge in [0.2, 0.25) is 5.91 Å². The van der Waals surface area contributed by atoms with Crippen molar-refractivity contribution in [1.82, 2.24) is 5.32 Å². The Kier molecular flexibility index (Phi) is 5.65. The molecule has 0 saturated carbocycles. The van der Waals surface area contributed by atoms with Gasteiger partial charge in [-0.05, 0) is 57.9 Å². The van der Waals surface area contributed by atoms with Crippen molar-refractivity contribution in [1.29, 1.82) is 0 Å². The second-order valence-corrected chi connectivity index (χ2v) is 5.50. The third kappa shape index (κ3) is 4.75. The van der Waals surface area contributed by atoms with E-state index in [1.165, 1.54) is 24.3 Å². The van der Waals surface area contributed by atoms with E-state index in [9.17, 15) is 14.0 Å². The minimum absolute atomic E-state index is 0.167. The van der Waals surface area contributed by atoms with Gasteiger partial charge in [0.15, 0.2) is 0 Å². The Morgan fingerprint density at radius 1 is 1.13 bits per heavy atom. The maximum Gasteiger partial charge on any atom is 0.251 e. The number of halogens is 2. The van der Waals surface area contributed by atoms with Gasteiger partial charge < -0.3 is 10.6 Å². The van der Waals surface area contributed by atoms with Gasteiger partial charge in [-0.3, -0.25) is 9.59 Å². The maximum absolute atomic E-state index is 13.0. The summed E-state index contributed by atoms with van der Waals surface area (Å²) in [5.74, 6) is -0.895. The number of anilines is 1. The first kappa shape index (κ1) is 16.9. The lowest BCUT2D eigenvalue weighted by molar-refractivity contribution is -0.111. The minimum atomic E-state index is -0.387. The first-order chi connectivity index (χ1) is 11.0. The lowest BCUT2D eigenvalue weighted by atomic mass is 10.1. The lowest BCUT2D eigenvalue weighted by Crippen LogP contribution is -2.17. The molecule has 0 aliphatic carbocycles. The fourth-order valence-corrected chi connectivity index (χ4v) is 2.28. The lowest BCUT2D eigenvalue weighted by Gasteiger charge is -2.05.